The van der Waals surface area contributed by atoms with Gasteiger partial charge in [-0.2, -0.15) is 0 Å². The van der Waals surface area contributed by atoms with Crippen molar-refractivity contribution < 1.29 is 4.79 Å². The Labute approximate surface area is 90.5 Å². The minimum Gasteiger partial charge on any atom is -0.328 e. The molecule has 1 saturated carbocycles. The first-order valence-corrected chi connectivity index (χ1v) is 5.76. The van der Waals surface area contributed by atoms with E-state index in [-0.39, 0.29) is 0 Å². The van der Waals surface area contributed by atoms with Gasteiger partial charge in [-0.25, -0.2) is 4.98 Å². The molecular weight excluding hydrogens is 188 g/mol. The monoisotopic (exact) mass is 206 g/mol. The van der Waals surface area contributed by atoms with E-state index in [1.54, 1.807) is 12.5 Å². The van der Waals surface area contributed by atoms with Gasteiger partial charge in [0.15, 0.2) is 6.29 Å². The van der Waals surface area contributed by atoms with Gasteiger partial charge >= 0.3 is 0 Å². The zero-order valence-corrected chi connectivity index (χ0v) is 9.22. The summed E-state index contributed by atoms with van der Waals surface area (Å²) in [6.07, 6.45) is 9.61. The minimum atomic E-state index is 0.702. The molecule has 0 saturated heterocycles. The van der Waals surface area contributed by atoms with Crippen LogP contribution in [0, 0.1) is 11.8 Å². The van der Waals surface area contributed by atoms with Crippen molar-refractivity contribution in [2.75, 3.05) is 0 Å². The van der Waals surface area contributed by atoms with Crippen molar-refractivity contribution in [3.05, 3.63) is 18.2 Å². The van der Waals surface area contributed by atoms with Gasteiger partial charge in [-0.1, -0.05) is 26.2 Å². The normalized spacial score (nSPS) is 26.5. The lowest BCUT2D eigenvalue weighted by molar-refractivity contribution is 0.111. The van der Waals surface area contributed by atoms with Crippen molar-refractivity contribution in [1.82, 2.24) is 9.55 Å². The van der Waals surface area contributed by atoms with E-state index in [1.807, 2.05) is 4.57 Å². The molecule has 1 fully saturated rings. The Kier molecular flexibility index (Phi) is 3.19. The number of carbonyl (C=O) groups excluding carboxylic acids is 1. The lowest BCUT2D eigenvalue weighted by atomic mass is 9.80. The molecule has 1 aliphatic rings. The van der Waals surface area contributed by atoms with Crippen LogP contribution in [0.4, 0.5) is 0 Å². The SMILES string of the molecule is CC1CCCCC1Cn1cncc1C=O. The zero-order valence-electron chi connectivity index (χ0n) is 9.22. The lowest BCUT2D eigenvalue weighted by Gasteiger charge is -2.29. The number of rotatable bonds is 3. The Morgan fingerprint density at radius 3 is 3.07 bits per heavy atom. The van der Waals surface area contributed by atoms with E-state index < -0.39 is 0 Å². The van der Waals surface area contributed by atoms with E-state index in [2.05, 4.69) is 11.9 Å². The Hall–Kier alpha value is -1.12. The molecule has 0 aliphatic heterocycles. The Morgan fingerprint density at radius 2 is 2.33 bits per heavy atom. The highest BCUT2D eigenvalue weighted by molar-refractivity contribution is 5.71. The number of hydrogen-bond acceptors (Lipinski definition) is 2. The summed E-state index contributed by atoms with van der Waals surface area (Å²) in [6.45, 7) is 3.27. The molecule has 0 amide bonds. The molecule has 2 atom stereocenters. The highest BCUT2D eigenvalue weighted by Crippen LogP contribution is 2.30. The van der Waals surface area contributed by atoms with Crippen LogP contribution in [0.25, 0.3) is 0 Å². The fourth-order valence-corrected chi connectivity index (χ4v) is 2.50. The van der Waals surface area contributed by atoms with Crippen molar-refractivity contribution in [2.45, 2.75) is 39.2 Å². The third-order valence-corrected chi connectivity index (χ3v) is 3.59. The molecule has 2 rings (SSSR count). The third kappa shape index (κ3) is 2.28. The summed E-state index contributed by atoms with van der Waals surface area (Å²) in [7, 11) is 0. The van der Waals surface area contributed by atoms with Crippen LogP contribution in [0.2, 0.25) is 0 Å². The quantitative estimate of drug-likeness (QED) is 0.712. The molecule has 0 aromatic carbocycles. The first-order chi connectivity index (χ1) is 7.31. The second-order valence-electron chi connectivity index (χ2n) is 4.61. The van der Waals surface area contributed by atoms with Crippen molar-refractivity contribution in [3.63, 3.8) is 0 Å². The van der Waals surface area contributed by atoms with Crippen LogP contribution in [-0.2, 0) is 6.54 Å². The first kappa shape index (κ1) is 10.4. The van der Waals surface area contributed by atoms with Crippen molar-refractivity contribution in [2.24, 2.45) is 11.8 Å². The average molecular weight is 206 g/mol. The summed E-state index contributed by atoms with van der Waals surface area (Å²) in [5.74, 6) is 1.49. The van der Waals surface area contributed by atoms with Gasteiger partial charge in [0.2, 0.25) is 0 Å². The molecule has 1 aliphatic carbocycles. The molecule has 0 N–H and O–H groups in total. The van der Waals surface area contributed by atoms with E-state index in [4.69, 9.17) is 0 Å². The van der Waals surface area contributed by atoms with Crippen LogP contribution in [0.15, 0.2) is 12.5 Å². The van der Waals surface area contributed by atoms with Crippen LogP contribution in [0.1, 0.15) is 43.1 Å². The van der Waals surface area contributed by atoms with E-state index in [1.165, 1.54) is 25.7 Å². The maximum Gasteiger partial charge on any atom is 0.168 e. The summed E-state index contributed by atoms with van der Waals surface area (Å²) < 4.78 is 1.99. The van der Waals surface area contributed by atoms with Crippen molar-refractivity contribution in [3.8, 4) is 0 Å². The molecule has 15 heavy (non-hydrogen) atoms. The van der Waals surface area contributed by atoms with E-state index >= 15 is 0 Å². The van der Waals surface area contributed by atoms with Gasteiger partial charge in [0.25, 0.3) is 0 Å². The maximum atomic E-state index is 10.8. The molecule has 0 spiro atoms. The number of aldehydes is 1. The summed E-state index contributed by atoms with van der Waals surface area (Å²) in [5.41, 5.74) is 0.702. The third-order valence-electron chi connectivity index (χ3n) is 3.59. The van der Waals surface area contributed by atoms with Crippen LogP contribution in [0.5, 0.6) is 0 Å². The fourth-order valence-electron chi connectivity index (χ4n) is 2.50. The summed E-state index contributed by atoms with van der Waals surface area (Å²) in [5, 5.41) is 0. The highest BCUT2D eigenvalue weighted by atomic mass is 16.1. The number of carbonyl (C=O) groups is 1. The minimum absolute atomic E-state index is 0.702. The molecule has 3 nitrogen and oxygen atoms in total. The van der Waals surface area contributed by atoms with E-state index in [0.29, 0.717) is 11.6 Å². The number of aromatic nitrogens is 2. The summed E-state index contributed by atoms with van der Waals surface area (Å²) >= 11 is 0. The number of hydrogen-bond donors (Lipinski definition) is 0. The van der Waals surface area contributed by atoms with Gasteiger partial charge in [-0.3, -0.25) is 4.79 Å². The smallest absolute Gasteiger partial charge is 0.168 e. The molecular formula is C12H18N2O. The predicted octanol–water partition coefficient (Wildman–Crippen LogP) is 2.52. The van der Waals surface area contributed by atoms with Gasteiger partial charge in [0.05, 0.1) is 12.5 Å². The molecule has 0 bridgehead atoms. The predicted molar refractivity (Wildman–Crippen MR) is 58.7 cm³/mol. The largest absolute Gasteiger partial charge is 0.328 e. The second-order valence-corrected chi connectivity index (χ2v) is 4.61. The molecule has 82 valence electrons. The molecule has 1 aromatic heterocycles. The average Bonchev–Trinajstić information content (AvgIpc) is 2.69. The first-order valence-electron chi connectivity index (χ1n) is 5.76. The van der Waals surface area contributed by atoms with E-state index in [9.17, 15) is 4.79 Å². The van der Waals surface area contributed by atoms with Crippen LogP contribution >= 0.6 is 0 Å². The topological polar surface area (TPSA) is 34.9 Å². The van der Waals surface area contributed by atoms with Crippen LogP contribution in [0.3, 0.4) is 0 Å². The Bertz CT molecular complexity index is 332. The van der Waals surface area contributed by atoms with E-state index in [0.717, 1.165) is 18.7 Å². The van der Waals surface area contributed by atoms with Gasteiger partial charge < -0.3 is 4.57 Å². The van der Waals surface area contributed by atoms with Crippen LogP contribution < -0.4 is 0 Å². The standard InChI is InChI=1S/C12H18N2O/c1-10-4-2-3-5-11(10)7-14-9-13-6-12(14)8-15/h6,8-11H,2-5,7H2,1H3. The fraction of sp³-hybridized carbons (Fsp3) is 0.667. The molecule has 3 heteroatoms. The van der Waals surface area contributed by atoms with Gasteiger partial charge in [-0.15, -0.1) is 0 Å². The second kappa shape index (κ2) is 4.60. The number of nitrogens with zero attached hydrogens (tertiary/aromatic N) is 2. The molecule has 1 aromatic rings. The molecule has 2 unspecified atom stereocenters. The van der Waals surface area contributed by atoms with Crippen molar-refractivity contribution in [1.29, 1.82) is 0 Å². The zero-order chi connectivity index (χ0) is 10.7. The lowest BCUT2D eigenvalue weighted by Crippen LogP contribution is -2.22. The summed E-state index contributed by atoms with van der Waals surface area (Å²) in [4.78, 5) is 14.8. The van der Waals surface area contributed by atoms with Gasteiger partial charge in [-0.05, 0) is 18.3 Å². The summed E-state index contributed by atoms with van der Waals surface area (Å²) in [6, 6.07) is 0. The van der Waals surface area contributed by atoms with Gasteiger partial charge in [0.1, 0.15) is 5.69 Å². The molecule has 0 radical (unpaired) electrons. The highest BCUT2D eigenvalue weighted by Gasteiger charge is 2.21. The van der Waals surface area contributed by atoms with Crippen molar-refractivity contribution >= 4 is 6.29 Å². The maximum absolute atomic E-state index is 10.8. The Balaban J connectivity index is 2.04. The molecule has 1 heterocycles. The number of imidazole rings is 1. The van der Waals surface area contributed by atoms with Gasteiger partial charge in [0, 0.05) is 6.54 Å². The Morgan fingerprint density at radius 1 is 1.53 bits per heavy atom. The van der Waals surface area contributed by atoms with Crippen LogP contribution in [-0.4, -0.2) is 15.8 Å².